The number of rotatable bonds is 13. The third-order valence-corrected chi connectivity index (χ3v) is 5.68. The zero-order valence-electron chi connectivity index (χ0n) is 16.4. The van der Waals surface area contributed by atoms with E-state index in [2.05, 4.69) is 20.8 Å². The molecule has 0 radical (unpaired) electrons. The first-order valence-electron chi connectivity index (χ1n) is 10.3. The summed E-state index contributed by atoms with van der Waals surface area (Å²) in [6.45, 7) is 6.24. The Kier molecular flexibility index (Phi) is 9.89. The maximum Gasteiger partial charge on any atom is 0.187 e. The van der Waals surface area contributed by atoms with Crippen LogP contribution in [-0.2, 0) is 4.74 Å². The van der Waals surface area contributed by atoms with E-state index in [9.17, 15) is 20.4 Å². The molecule has 0 aromatic heterocycles. The summed E-state index contributed by atoms with van der Waals surface area (Å²) in [4.78, 5) is 0. The molecule has 0 spiro atoms. The van der Waals surface area contributed by atoms with Gasteiger partial charge in [0, 0.05) is 0 Å². The van der Waals surface area contributed by atoms with Crippen molar-refractivity contribution in [2.45, 2.75) is 128 Å². The van der Waals surface area contributed by atoms with Crippen molar-refractivity contribution >= 4 is 0 Å². The van der Waals surface area contributed by atoms with E-state index in [-0.39, 0.29) is 6.42 Å². The van der Waals surface area contributed by atoms with Crippen LogP contribution in [0, 0.1) is 0 Å². The molecule has 1 aliphatic heterocycles. The van der Waals surface area contributed by atoms with Gasteiger partial charge in [0.25, 0.3) is 0 Å². The first-order valence-corrected chi connectivity index (χ1v) is 10.3. The monoisotopic (exact) mass is 360 g/mol. The summed E-state index contributed by atoms with van der Waals surface area (Å²) in [7, 11) is 0. The average molecular weight is 361 g/mol. The highest BCUT2D eigenvalue weighted by Gasteiger charge is 2.65. The summed E-state index contributed by atoms with van der Waals surface area (Å²) < 4.78 is 5.55. The van der Waals surface area contributed by atoms with Gasteiger partial charge in [0.15, 0.2) is 6.29 Å². The molecule has 1 saturated heterocycles. The molecule has 1 fully saturated rings. The SMILES string of the molecule is CCCCCC(O)[C@H]1O[C@@H](O)[C@@](O)(CCCCC)[C@@]1(O)CCCCC. The second kappa shape index (κ2) is 10.8. The van der Waals surface area contributed by atoms with Gasteiger partial charge in [-0.05, 0) is 19.3 Å². The zero-order valence-corrected chi connectivity index (χ0v) is 16.4. The van der Waals surface area contributed by atoms with E-state index >= 15 is 0 Å². The fourth-order valence-electron chi connectivity index (χ4n) is 3.98. The van der Waals surface area contributed by atoms with Crippen molar-refractivity contribution in [2.75, 3.05) is 0 Å². The van der Waals surface area contributed by atoms with Crippen LogP contribution in [0.3, 0.4) is 0 Å². The third kappa shape index (κ3) is 5.39. The second-order valence-electron chi connectivity index (χ2n) is 7.73. The van der Waals surface area contributed by atoms with E-state index in [0.717, 1.165) is 51.4 Å². The van der Waals surface area contributed by atoms with E-state index < -0.39 is 29.7 Å². The van der Waals surface area contributed by atoms with Gasteiger partial charge in [0.05, 0.1) is 6.10 Å². The van der Waals surface area contributed by atoms with Gasteiger partial charge in [-0.2, -0.15) is 0 Å². The summed E-state index contributed by atoms with van der Waals surface area (Å²) in [5.74, 6) is 0. The van der Waals surface area contributed by atoms with Crippen molar-refractivity contribution in [3.63, 3.8) is 0 Å². The van der Waals surface area contributed by atoms with Gasteiger partial charge in [0.2, 0.25) is 0 Å². The van der Waals surface area contributed by atoms with E-state index in [1.165, 1.54) is 0 Å². The van der Waals surface area contributed by atoms with Crippen molar-refractivity contribution in [2.24, 2.45) is 0 Å². The Morgan fingerprint density at radius 2 is 1.28 bits per heavy atom. The van der Waals surface area contributed by atoms with Gasteiger partial charge in [-0.3, -0.25) is 0 Å². The number of hydrogen-bond acceptors (Lipinski definition) is 5. The highest BCUT2D eigenvalue weighted by molar-refractivity contribution is 5.12. The summed E-state index contributed by atoms with van der Waals surface area (Å²) in [6, 6.07) is 0. The predicted octanol–water partition coefficient (Wildman–Crippen LogP) is 3.27. The standard InChI is InChI=1S/C20H40O5/c1-4-7-10-13-16(21)17-19(23,14-11-8-5-2)20(24,18(22)25-17)15-12-9-6-3/h16-18,21-24H,4-15H2,1-3H3/t16?,17-,18-,19-,20+/m1/s1. The number of unbranched alkanes of at least 4 members (excludes halogenated alkanes) is 6. The Labute approximate surface area is 153 Å². The first-order chi connectivity index (χ1) is 11.9. The molecule has 1 rings (SSSR count). The van der Waals surface area contributed by atoms with E-state index in [1.807, 2.05) is 0 Å². The summed E-state index contributed by atoms with van der Waals surface area (Å²) in [6.07, 6.45) is 6.01. The predicted molar refractivity (Wildman–Crippen MR) is 99.2 cm³/mol. The number of aliphatic hydroxyl groups excluding tert-OH is 2. The van der Waals surface area contributed by atoms with Crippen molar-refractivity contribution in [3.8, 4) is 0 Å². The minimum absolute atomic E-state index is 0.281. The molecule has 0 aliphatic carbocycles. The minimum Gasteiger partial charge on any atom is -0.390 e. The lowest BCUT2D eigenvalue weighted by Gasteiger charge is -2.41. The zero-order chi connectivity index (χ0) is 18.9. The summed E-state index contributed by atoms with van der Waals surface area (Å²) >= 11 is 0. The summed E-state index contributed by atoms with van der Waals surface area (Å²) in [5.41, 5.74) is -3.33. The highest BCUT2D eigenvalue weighted by Crippen LogP contribution is 2.47. The topological polar surface area (TPSA) is 90.2 Å². The van der Waals surface area contributed by atoms with E-state index in [0.29, 0.717) is 19.3 Å². The Bertz CT molecular complexity index is 364. The number of ether oxygens (including phenoxy) is 1. The number of aliphatic hydroxyl groups is 4. The molecule has 0 amide bonds. The van der Waals surface area contributed by atoms with Crippen LogP contribution < -0.4 is 0 Å². The average Bonchev–Trinajstić information content (AvgIpc) is 2.77. The molecule has 0 bridgehead atoms. The van der Waals surface area contributed by atoms with Crippen molar-refractivity contribution in [1.82, 2.24) is 0 Å². The largest absolute Gasteiger partial charge is 0.390 e. The van der Waals surface area contributed by atoms with Crippen molar-refractivity contribution in [3.05, 3.63) is 0 Å². The molecule has 0 saturated carbocycles. The maximum atomic E-state index is 11.4. The molecule has 0 aromatic rings. The normalized spacial score (nSPS) is 33.7. The second-order valence-corrected chi connectivity index (χ2v) is 7.73. The summed E-state index contributed by atoms with van der Waals surface area (Å²) in [5, 5.41) is 43.5. The maximum absolute atomic E-state index is 11.4. The number of hydrogen-bond donors (Lipinski definition) is 4. The molecule has 4 N–H and O–H groups in total. The molecule has 150 valence electrons. The lowest BCUT2D eigenvalue weighted by Crippen LogP contribution is -2.61. The van der Waals surface area contributed by atoms with E-state index in [4.69, 9.17) is 4.74 Å². The van der Waals surface area contributed by atoms with E-state index in [1.54, 1.807) is 0 Å². The Hall–Kier alpha value is -0.200. The molecule has 5 atom stereocenters. The highest BCUT2D eigenvalue weighted by atomic mass is 16.7. The van der Waals surface area contributed by atoms with Crippen LogP contribution in [0.5, 0.6) is 0 Å². The van der Waals surface area contributed by atoms with Gasteiger partial charge in [0.1, 0.15) is 17.3 Å². The Morgan fingerprint density at radius 1 is 0.800 bits per heavy atom. The molecule has 5 heteroatoms. The molecule has 1 unspecified atom stereocenters. The molecule has 1 aliphatic rings. The van der Waals surface area contributed by atoms with Crippen molar-refractivity contribution in [1.29, 1.82) is 0 Å². The Morgan fingerprint density at radius 3 is 1.80 bits per heavy atom. The first kappa shape index (κ1) is 22.8. The van der Waals surface area contributed by atoms with Gasteiger partial charge in [-0.25, -0.2) is 0 Å². The lowest BCUT2D eigenvalue weighted by atomic mass is 9.72. The lowest BCUT2D eigenvalue weighted by molar-refractivity contribution is -0.199. The van der Waals surface area contributed by atoms with Crippen molar-refractivity contribution < 1.29 is 25.2 Å². The molecular weight excluding hydrogens is 320 g/mol. The quantitative estimate of drug-likeness (QED) is 0.379. The smallest absolute Gasteiger partial charge is 0.187 e. The Balaban J connectivity index is 2.93. The van der Waals surface area contributed by atoms with Crippen LogP contribution in [0.15, 0.2) is 0 Å². The van der Waals surface area contributed by atoms with Crippen LogP contribution in [0.2, 0.25) is 0 Å². The minimum atomic E-state index is -1.72. The van der Waals surface area contributed by atoms with Crippen LogP contribution in [0.1, 0.15) is 97.8 Å². The fraction of sp³-hybridized carbons (Fsp3) is 1.00. The van der Waals surface area contributed by atoms with Crippen LogP contribution in [0.4, 0.5) is 0 Å². The van der Waals surface area contributed by atoms with Gasteiger partial charge >= 0.3 is 0 Å². The molecule has 0 aromatic carbocycles. The van der Waals surface area contributed by atoms with Crippen LogP contribution >= 0.6 is 0 Å². The van der Waals surface area contributed by atoms with Gasteiger partial charge < -0.3 is 25.2 Å². The molecular formula is C20H40O5. The third-order valence-electron chi connectivity index (χ3n) is 5.68. The fourth-order valence-corrected chi connectivity index (χ4v) is 3.98. The molecule has 25 heavy (non-hydrogen) atoms. The molecule has 5 nitrogen and oxygen atoms in total. The van der Waals surface area contributed by atoms with Gasteiger partial charge in [-0.1, -0.05) is 78.6 Å². The molecule has 1 heterocycles. The van der Waals surface area contributed by atoms with Crippen LogP contribution in [0.25, 0.3) is 0 Å². The van der Waals surface area contributed by atoms with Crippen LogP contribution in [-0.4, -0.2) is 50.1 Å². The van der Waals surface area contributed by atoms with Gasteiger partial charge in [-0.15, -0.1) is 0 Å².